The topological polar surface area (TPSA) is 15.8 Å². The minimum atomic E-state index is 1.15. The summed E-state index contributed by atoms with van der Waals surface area (Å²) in [5, 5.41) is 3.33. The fourth-order valence-corrected chi connectivity index (χ4v) is 3.22. The number of fused-ring (bicyclic) bond motifs is 1. The molecule has 0 aliphatic rings. The molecular weight excluding hydrogens is 270 g/mol. The van der Waals surface area contributed by atoms with Crippen LogP contribution in [0.4, 0.5) is 0 Å². The molecule has 3 aromatic rings. The molecule has 0 unspecified atom stereocenters. The second kappa shape index (κ2) is 3.51. The summed E-state index contributed by atoms with van der Waals surface area (Å²) in [5.74, 6) is 0. The quantitative estimate of drug-likeness (QED) is 0.666. The second-order valence-electron chi connectivity index (χ2n) is 3.34. The van der Waals surface area contributed by atoms with E-state index in [4.69, 9.17) is 0 Å². The highest BCUT2D eigenvalue weighted by molar-refractivity contribution is 9.10. The first-order chi connectivity index (χ1) is 7.36. The Morgan fingerprint density at radius 3 is 2.67 bits per heavy atom. The maximum atomic E-state index is 3.65. The van der Waals surface area contributed by atoms with Gasteiger partial charge in [-0.2, -0.15) is 0 Å². The van der Waals surface area contributed by atoms with Gasteiger partial charge in [-0.25, -0.2) is 0 Å². The first kappa shape index (κ1) is 9.19. The molecule has 3 rings (SSSR count). The Hall–Kier alpha value is -1.06. The third kappa shape index (κ3) is 1.43. The molecule has 3 heteroatoms. The third-order valence-corrected chi connectivity index (χ3v) is 4.12. The highest BCUT2D eigenvalue weighted by Crippen LogP contribution is 2.36. The Bertz CT molecular complexity index is 595. The molecule has 74 valence electrons. The van der Waals surface area contributed by atoms with Gasteiger partial charge < -0.3 is 4.98 Å². The van der Waals surface area contributed by atoms with E-state index in [0.29, 0.717) is 0 Å². The Morgan fingerprint density at radius 1 is 1.07 bits per heavy atom. The summed E-state index contributed by atoms with van der Waals surface area (Å²) in [4.78, 5) is 4.69. The lowest BCUT2D eigenvalue weighted by atomic mass is 10.2. The monoisotopic (exact) mass is 277 g/mol. The number of H-pyrrole nitrogens is 1. The van der Waals surface area contributed by atoms with Gasteiger partial charge in [0.05, 0.1) is 15.0 Å². The molecule has 0 aliphatic carbocycles. The van der Waals surface area contributed by atoms with Crippen LogP contribution in [0.5, 0.6) is 0 Å². The minimum Gasteiger partial charge on any atom is -0.353 e. The lowest BCUT2D eigenvalue weighted by Crippen LogP contribution is -1.70. The van der Waals surface area contributed by atoms with Crippen LogP contribution in [0.25, 0.3) is 21.5 Å². The van der Waals surface area contributed by atoms with Crippen molar-refractivity contribution in [2.24, 2.45) is 0 Å². The molecule has 0 spiro atoms. The number of nitrogens with one attached hydrogen (secondary N) is 1. The Morgan fingerprint density at radius 2 is 1.93 bits per heavy atom. The Labute approximate surface area is 99.9 Å². The van der Waals surface area contributed by atoms with Crippen LogP contribution >= 0.6 is 27.3 Å². The average Bonchev–Trinajstić information content (AvgIpc) is 2.87. The molecule has 0 atom stereocenters. The molecule has 0 fully saturated rings. The zero-order valence-electron chi connectivity index (χ0n) is 7.83. The van der Waals surface area contributed by atoms with E-state index in [1.54, 1.807) is 11.3 Å². The molecule has 2 aromatic heterocycles. The van der Waals surface area contributed by atoms with E-state index in [1.165, 1.54) is 21.5 Å². The number of benzene rings is 1. The van der Waals surface area contributed by atoms with Gasteiger partial charge in [0.15, 0.2) is 0 Å². The van der Waals surface area contributed by atoms with Gasteiger partial charge in [0.25, 0.3) is 0 Å². The number of rotatable bonds is 1. The highest BCUT2D eigenvalue weighted by Gasteiger charge is 2.10. The summed E-state index contributed by atoms with van der Waals surface area (Å²) in [7, 11) is 0. The SMILES string of the molecule is Brc1c(-c2cccs2)[nH]c2ccccc12. The smallest absolute Gasteiger partial charge is 0.0710 e. The van der Waals surface area contributed by atoms with Crippen molar-refractivity contribution in [2.75, 3.05) is 0 Å². The van der Waals surface area contributed by atoms with Gasteiger partial charge in [-0.15, -0.1) is 11.3 Å². The zero-order valence-corrected chi connectivity index (χ0v) is 10.2. The molecule has 0 radical (unpaired) electrons. The van der Waals surface area contributed by atoms with Gasteiger partial charge in [-0.1, -0.05) is 24.3 Å². The Kier molecular flexibility index (Phi) is 2.15. The molecule has 0 amide bonds. The molecule has 1 aromatic carbocycles. The molecule has 2 heterocycles. The van der Waals surface area contributed by atoms with E-state index in [1.807, 2.05) is 6.07 Å². The van der Waals surface area contributed by atoms with Crippen molar-refractivity contribution in [1.82, 2.24) is 4.98 Å². The largest absolute Gasteiger partial charge is 0.353 e. The number of hydrogen-bond acceptors (Lipinski definition) is 1. The number of aromatic amines is 1. The summed E-state index contributed by atoms with van der Waals surface area (Å²) >= 11 is 5.39. The fraction of sp³-hybridized carbons (Fsp3) is 0. The van der Waals surface area contributed by atoms with E-state index in [2.05, 4.69) is 56.6 Å². The van der Waals surface area contributed by atoms with Crippen LogP contribution in [-0.2, 0) is 0 Å². The van der Waals surface area contributed by atoms with Gasteiger partial charge in [-0.3, -0.25) is 0 Å². The molecule has 0 bridgehead atoms. The van der Waals surface area contributed by atoms with Crippen molar-refractivity contribution >= 4 is 38.2 Å². The summed E-state index contributed by atoms with van der Waals surface area (Å²) in [6.07, 6.45) is 0. The second-order valence-corrected chi connectivity index (χ2v) is 5.08. The van der Waals surface area contributed by atoms with Crippen LogP contribution in [0.2, 0.25) is 0 Å². The van der Waals surface area contributed by atoms with Gasteiger partial charge in [0, 0.05) is 10.9 Å². The molecule has 0 saturated carbocycles. The van der Waals surface area contributed by atoms with E-state index in [-0.39, 0.29) is 0 Å². The maximum absolute atomic E-state index is 3.65. The van der Waals surface area contributed by atoms with Gasteiger partial charge in [-0.05, 0) is 33.4 Å². The average molecular weight is 278 g/mol. The maximum Gasteiger partial charge on any atom is 0.0710 e. The van der Waals surface area contributed by atoms with E-state index in [9.17, 15) is 0 Å². The molecule has 1 N–H and O–H groups in total. The predicted molar refractivity (Wildman–Crippen MR) is 69.3 cm³/mol. The van der Waals surface area contributed by atoms with Gasteiger partial charge in [0.1, 0.15) is 0 Å². The van der Waals surface area contributed by atoms with Crippen molar-refractivity contribution < 1.29 is 0 Å². The van der Waals surface area contributed by atoms with Crippen molar-refractivity contribution in [2.45, 2.75) is 0 Å². The number of hydrogen-bond donors (Lipinski definition) is 1. The molecule has 15 heavy (non-hydrogen) atoms. The lowest BCUT2D eigenvalue weighted by Gasteiger charge is -1.92. The highest BCUT2D eigenvalue weighted by atomic mass is 79.9. The van der Waals surface area contributed by atoms with Crippen molar-refractivity contribution in [3.8, 4) is 10.6 Å². The van der Waals surface area contributed by atoms with E-state index in [0.717, 1.165) is 4.47 Å². The van der Waals surface area contributed by atoms with Crippen molar-refractivity contribution in [1.29, 1.82) is 0 Å². The normalized spacial score (nSPS) is 11.0. The summed E-state index contributed by atoms with van der Waals surface area (Å²) in [5.41, 5.74) is 2.35. The number of thiophene rings is 1. The van der Waals surface area contributed by atoms with Gasteiger partial charge in [0.2, 0.25) is 0 Å². The summed E-state index contributed by atoms with van der Waals surface area (Å²) < 4.78 is 1.15. The minimum absolute atomic E-state index is 1.15. The molecule has 1 nitrogen and oxygen atoms in total. The number of halogens is 1. The fourth-order valence-electron chi connectivity index (χ4n) is 1.70. The Balaban J connectivity index is 2.33. The van der Waals surface area contributed by atoms with E-state index >= 15 is 0 Å². The van der Waals surface area contributed by atoms with Crippen molar-refractivity contribution in [3.63, 3.8) is 0 Å². The molecular formula is C12H8BrNS. The zero-order chi connectivity index (χ0) is 10.3. The summed E-state index contributed by atoms with van der Waals surface area (Å²) in [6.45, 7) is 0. The molecule has 0 saturated heterocycles. The van der Waals surface area contributed by atoms with E-state index < -0.39 is 0 Å². The van der Waals surface area contributed by atoms with Crippen LogP contribution < -0.4 is 0 Å². The van der Waals surface area contributed by atoms with Crippen LogP contribution in [-0.4, -0.2) is 4.98 Å². The van der Waals surface area contributed by atoms with Crippen LogP contribution in [0.3, 0.4) is 0 Å². The number of aromatic nitrogens is 1. The van der Waals surface area contributed by atoms with Crippen LogP contribution in [0.1, 0.15) is 0 Å². The first-order valence-corrected chi connectivity index (χ1v) is 6.33. The number of para-hydroxylation sites is 1. The van der Waals surface area contributed by atoms with Crippen LogP contribution in [0.15, 0.2) is 46.3 Å². The van der Waals surface area contributed by atoms with Gasteiger partial charge >= 0.3 is 0 Å². The van der Waals surface area contributed by atoms with Crippen LogP contribution in [0, 0.1) is 0 Å². The summed E-state index contributed by atoms with van der Waals surface area (Å²) in [6, 6.07) is 12.5. The standard InChI is InChI=1S/C12H8BrNS/c13-11-8-4-1-2-5-9(8)14-12(11)10-6-3-7-15-10/h1-7,14H. The predicted octanol–water partition coefficient (Wildman–Crippen LogP) is 4.66. The molecule has 0 aliphatic heterocycles. The lowest BCUT2D eigenvalue weighted by molar-refractivity contribution is 1.47. The first-order valence-electron chi connectivity index (χ1n) is 4.66. The third-order valence-electron chi connectivity index (χ3n) is 2.41. The van der Waals surface area contributed by atoms with Crippen molar-refractivity contribution in [3.05, 3.63) is 46.3 Å².